The van der Waals surface area contributed by atoms with Crippen molar-refractivity contribution in [3.05, 3.63) is 29.3 Å². The predicted octanol–water partition coefficient (Wildman–Crippen LogP) is 1.48. The first-order valence-corrected chi connectivity index (χ1v) is 6.51. The van der Waals surface area contributed by atoms with E-state index in [2.05, 4.69) is 12.2 Å². The Morgan fingerprint density at radius 1 is 1.56 bits per heavy atom. The number of nitrogens with one attached hydrogen (secondary N) is 1. The Hall–Kier alpha value is -1.55. The van der Waals surface area contributed by atoms with Crippen molar-refractivity contribution in [1.29, 1.82) is 0 Å². The maximum atomic E-state index is 12.1. The van der Waals surface area contributed by atoms with Crippen molar-refractivity contribution in [3.8, 4) is 5.75 Å². The van der Waals surface area contributed by atoms with Crippen LogP contribution in [-0.2, 0) is 6.42 Å². The monoisotopic (exact) mass is 248 g/mol. The molecule has 0 bridgehead atoms. The highest BCUT2D eigenvalue weighted by molar-refractivity contribution is 5.94. The van der Waals surface area contributed by atoms with Gasteiger partial charge in [0.15, 0.2) is 0 Å². The molecule has 1 atom stereocenters. The molecule has 0 spiro atoms. The smallest absolute Gasteiger partial charge is 0.251 e. The third kappa shape index (κ3) is 2.82. The molecule has 1 aromatic rings. The lowest BCUT2D eigenvalue weighted by atomic mass is 10.1. The van der Waals surface area contributed by atoms with E-state index in [1.807, 2.05) is 18.2 Å². The van der Waals surface area contributed by atoms with Crippen molar-refractivity contribution >= 4 is 5.91 Å². The highest BCUT2D eigenvalue weighted by Crippen LogP contribution is 2.25. The van der Waals surface area contributed by atoms with Crippen LogP contribution in [0.15, 0.2) is 18.2 Å². The minimum atomic E-state index is -0.0231. The van der Waals surface area contributed by atoms with Gasteiger partial charge < -0.3 is 15.8 Å². The van der Waals surface area contributed by atoms with Gasteiger partial charge in [-0.25, -0.2) is 0 Å². The molecule has 4 heteroatoms. The van der Waals surface area contributed by atoms with Gasteiger partial charge in [-0.3, -0.25) is 4.79 Å². The van der Waals surface area contributed by atoms with E-state index in [1.165, 1.54) is 0 Å². The average molecular weight is 248 g/mol. The summed E-state index contributed by atoms with van der Waals surface area (Å²) in [6, 6.07) is 5.77. The Labute approximate surface area is 108 Å². The van der Waals surface area contributed by atoms with Gasteiger partial charge >= 0.3 is 0 Å². The molecular formula is C14H20N2O2. The maximum Gasteiger partial charge on any atom is 0.251 e. The van der Waals surface area contributed by atoms with Crippen LogP contribution in [0.4, 0.5) is 0 Å². The molecule has 0 aromatic heterocycles. The van der Waals surface area contributed by atoms with Crippen molar-refractivity contribution in [2.75, 3.05) is 13.2 Å². The van der Waals surface area contributed by atoms with Crippen molar-refractivity contribution in [2.24, 2.45) is 5.73 Å². The second kappa shape index (κ2) is 5.87. The van der Waals surface area contributed by atoms with Crippen LogP contribution in [0.2, 0.25) is 0 Å². The summed E-state index contributed by atoms with van der Waals surface area (Å²) in [5.74, 6) is 0.880. The van der Waals surface area contributed by atoms with E-state index in [-0.39, 0.29) is 11.9 Å². The Bertz CT molecular complexity index is 432. The van der Waals surface area contributed by atoms with E-state index in [1.54, 1.807) is 0 Å². The lowest BCUT2D eigenvalue weighted by Gasteiger charge is -2.16. The Kier molecular flexibility index (Phi) is 4.20. The van der Waals surface area contributed by atoms with Crippen LogP contribution < -0.4 is 15.8 Å². The molecule has 1 unspecified atom stereocenters. The van der Waals surface area contributed by atoms with Crippen LogP contribution in [0.5, 0.6) is 5.75 Å². The lowest BCUT2D eigenvalue weighted by molar-refractivity contribution is 0.0934. The van der Waals surface area contributed by atoms with E-state index < -0.39 is 0 Å². The van der Waals surface area contributed by atoms with Gasteiger partial charge in [-0.1, -0.05) is 6.92 Å². The molecule has 3 N–H and O–H groups in total. The molecule has 1 amide bonds. The number of hydrogen-bond donors (Lipinski definition) is 2. The summed E-state index contributed by atoms with van der Waals surface area (Å²) in [5, 5.41) is 3.02. The van der Waals surface area contributed by atoms with E-state index in [4.69, 9.17) is 10.5 Å². The van der Waals surface area contributed by atoms with Crippen LogP contribution in [0.1, 0.15) is 35.7 Å². The summed E-state index contributed by atoms with van der Waals surface area (Å²) >= 11 is 0. The number of rotatable bonds is 5. The zero-order valence-electron chi connectivity index (χ0n) is 10.7. The number of hydrogen-bond acceptors (Lipinski definition) is 3. The van der Waals surface area contributed by atoms with Gasteiger partial charge in [-0.05, 0) is 43.1 Å². The van der Waals surface area contributed by atoms with Crippen molar-refractivity contribution in [3.63, 3.8) is 0 Å². The van der Waals surface area contributed by atoms with Crippen LogP contribution in [-0.4, -0.2) is 25.1 Å². The number of fused-ring (bicyclic) bond motifs is 1. The SMILES string of the molecule is CCC(CCN)NC(=O)c1ccc2c(c1)CCO2. The van der Waals surface area contributed by atoms with Crippen molar-refractivity contribution in [2.45, 2.75) is 32.2 Å². The van der Waals surface area contributed by atoms with Gasteiger partial charge in [0.25, 0.3) is 5.91 Å². The second-order valence-corrected chi connectivity index (χ2v) is 4.58. The fourth-order valence-electron chi connectivity index (χ4n) is 2.18. The molecule has 1 aliphatic heterocycles. The Morgan fingerprint density at radius 3 is 3.11 bits per heavy atom. The van der Waals surface area contributed by atoms with E-state index in [9.17, 15) is 4.79 Å². The minimum Gasteiger partial charge on any atom is -0.493 e. The van der Waals surface area contributed by atoms with Gasteiger partial charge in [0.05, 0.1) is 6.61 Å². The fourth-order valence-corrected chi connectivity index (χ4v) is 2.18. The molecular weight excluding hydrogens is 228 g/mol. The summed E-state index contributed by atoms with van der Waals surface area (Å²) in [4.78, 5) is 12.1. The molecule has 0 saturated carbocycles. The first-order valence-electron chi connectivity index (χ1n) is 6.51. The third-order valence-electron chi connectivity index (χ3n) is 3.29. The van der Waals surface area contributed by atoms with Crippen molar-refractivity contribution < 1.29 is 9.53 Å². The van der Waals surface area contributed by atoms with Crippen molar-refractivity contribution in [1.82, 2.24) is 5.32 Å². The fraction of sp³-hybridized carbons (Fsp3) is 0.500. The molecule has 0 aliphatic carbocycles. The summed E-state index contributed by atoms with van der Waals surface area (Å²) in [6.45, 7) is 3.36. The molecule has 4 nitrogen and oxygen atoms in total. The Balaban J connectivity index is 2.04. The minimum absolute atomic E-state index is 0.0231. The normalized spacial score (nSPS) is 14.8. The highest BCUT2D eigenvalue weighted by Gasteiger charge is 2.16. The first kappa shape index (κ1) is 12.9. The van der Waals surface area contributed by atoms with Gasteiger partial charge in [-0.15, -0.1) is 0 Å². The first-order chi connectivity index (χ1) is 8.74. The molecule has 1 aromatic carbocycles. The standard InChI is InChI=1S/C14H20N2O2/c1-2-12(5-7-15)16-14(17)11-3-4-13-10(9-11)6-8-18-13/h3-4,9,12H,2,5-8,15H2,1H3,(H,16,17). The molecule has 1 heterocycles. The number of nitrogens with two attached hydrogens (primary N) is 1. The number of ether oxygens (including phenoxy) is 1. The average Bonchev–Trinajstić information content (AvgIpc) is 2.85. The third-order valence-corrected chi connectivity index (χ3v) is 3.29. The molecule has 18 heavy (non-hydrogen) atoms. The number of amides is 1. The zero-order valence-corrected chi connectivity index (χ0v) is 10.7. The summed E-state index contributed by atoms with van der Waals surface area (Å²) in [6.07, 6.45) is 2.60. The maximum absolute atomic E-state index is 12.1. The van der Waals surface area contributed by atoms with E-state index >= 15 is 0 Å². The van der Waals surface area contributed by atoms with Gasteiger partial charge in [0.2, 0.25) is 0 Å². The highest BCUT2D eigenvalue weighted by atomic mass is 16.5. The van der Waals surface area contributed by atoms with Crippen LogP contribution in [0, 0.1) is 0 Å². The predicted molar refractivity (Wildman–Crippen MR) is 70.9 cm³/mol. The summed E-state index contributed by atoms with van der Waals surface area (Å²) in [5.41, 5.74) is 7.35. The van der Waals surface area contributed by atoms with E-state index in [0.29, 0.717) is 18.7 Å². The summed E-state index contributed by atoms with van der Waals surface area (Å²) in [7, 11) is 0. The number of carbonyl (C=O) groups is 1. The summed E-state index contributed by atoms with van der Waals surface area (Å²) < 4.78 is 5.43. The molecule has 0 radical (unpaired) electrons. The van der Waals surface area contributed by atoms with Gasteiger partial charge in [0.1, 0.15) is 5.75 Å². The molecule has 0 saturated heterocycles. The molecule has 2 rings (SSSR count). The van der Waals surface area contributed by atoms with Crippen LogP contribution in [0.3, 0.4) is 0 Å². The van der Waals surface area contributed by atoms with Gasteiger partial charge in [0, 0.05) is 18.0 Å². The Morgan fingerprint density at radius 2 is 2.39 bits per heavy atom. The zero-order chi connectivity index (χ0) is 13.0. The molecule has 1 aliphatic rings. The second-order valence-electron chi connectivity index (χ2n) is 4.58. The topological polar surface area (TPSA) is 64.3 Å². The number of carbonyl (C=O) groups excluding carboxylic acids is 1. The molecule has 0 fully saturated rings. The van der Waals surface area contributed by atoms with E-state index in [0.717, 1.165) is 30.6 Å². The van der Waals surface area contributed by atoms with Crippen LogP contribution >= 0.6 is 0 Å². The quantitative estimate of drug-likeness (QED) is 0.829. The number of benzene rings is 1. The lowest BCUT2D eigenvalue weighted by Crippen LogP contribution is -2.35. The molecule has 98 valence electrons. The largest absolute Gasteiger partial charge is 0.493 e. The van der Waals surface area contributed by atoms with Crippen LogP contribution in [0.25, 0.3) is 0 Å². The van der Waals surface area contributed by atoms with Gasteiger partial charge in [-0.2, -0.15) is 0 Å².